The predicted molar refractivity (Wildman–Crippen MR) is 114 cm³/mol. The van der Waals surface area contributed by atoms with Crippen molar-refractivity contribution in [2.45, 2.75) is 13.0 Å². The second kappa shape index (κ2) is 9.23. The van der Waals surface area contributed by atoms with Crippen LogP contribution in [0.3, 0.4) is 0 Å². The largest absolute Gasteiger partial charge is 0.312 e. The Hall–Kier alpha value is -1.65. The van der Waals surface area contributed by atoms with E-state index in [9.17, 15) is 22.4 Å². The zero-order chi connectivity index (χ0) is 22.2. The number of ketones is 1. The van der Waals surface area contributed by atoms with E-state index in [1.165, 1.54) is 15.2 Å². The highest BCUT2D eigenvalue weighted by molar-refractivity contribution is 9.11. The summed E-state index contributed by atoms with van der Waals surface area (Å²) in [6.07, 6.45) is -2.66. The van der Waals surface area contributed by atoms with Crippen molar-refractivity contribution in [1.29, 1.82) is 0 Å². The molecule has 4 nitrogen and oxygen atoms in total. The van der Waals surface area contributed by atoms with Crippen molar-refractivity contribution in [3.05, 3.63) is 60.8 Å². The number of fused-ring (bicyclic) bond motifs is 1. The van der Waals surface area contributed by atoms with Crippen LogP contribution in [0.5, 0.6) is 0 Å². The van der Waals surface area contributed by atoms with Gasteiger partial charge in [0.1, 0.15) is 19.0 Å². The average Bonchev–Trinajstić information content (AvgIpc) is 2.93. The quantitative estimate of drug-likeness (QED) is 0.278. The number of hydrogen-bond donors (Lipinski definition) is 0. The Morgan fingerprint density at radius 1 is 1.27 bits per heavy atom. The summed E-state index contributed by atoms with van der Waals surface area (Å²) in [5, 5.41) is 0.0762. The first kappa shape index (κ1) is 23.0. The highest BCUT2D eigenvalue weighted by Gasteiger charge is 2.24. The van der Waals surface area contributed by atoms with Gasteiger partial charge in [0.25, 0.3) is 6.43 Å². The van der Waals surface area contributed by atoms with Gasteiger partial charge in [-0.05, 0) is 56.1 Å². The van der Waals surface area contributed by atoms with E-state index in [-0.39, 0.29) is 28.3 Å². The normalized spacial score (nSPS) is 12.4. The minimum atomic E-state index is -2.66. The molecule has 0 N–H and O–H groups in total. The van der Waals surface area contributed by atoms with E-state index < -0.39 is 31.2 Å². The highest BCUT2D eigenvalue weighted by Crippen LogP contribution is 2.36. The summed E-state index contributed by atoms with van der Waals surface area (Å²) in [5.74, 6) is -1.17. The Morgan fingerprint density at radius 3 is 2.60 bits per heavy atom. The molecule has 30 heavy (non-hydrogen) atoms. The molecule has 3 rings (SSSR count). The molecule has 0 aliphatic rings. The van der Waals surface area contributed by atoms with Crippen LogP contribution in [0.15, 0.2) is 38.2 Å². The summed E-state index contributed by atoms with van der Waals surface area (Å²) in [4.78, 5) is 17.0. The first-order valence-corrected chi connectivity index (χ1v) is 10.5. The lowest BCUT2D eigenvalue weighted by Gasteiger charge is -2.11. The lowest BCUT2D eigenvalue weighted by molar-refractivity contribution is 0.103. The van der Waals surface area contributed by atoms with Crippen molar-refractivity contribution in [2.75, 3.05) is 13.2 Å². The topological polar surface area (TPSA) is 39.3 Å². The maximum absolute atomic E-state index is 13.7. The molecule has 0 amide bonds. The summed E-state index contributed by atoms with van der Waals surface area (Å²) in [5.41, 5.74) is 1.16. The standard InChI is InChI=1S/C19H14Br2ClF4N3O/c1-28-17-13(29(5-4-23)19(28)27-8-14(25)26)7-11(20)15(16(17)21)18(30)10-6-9(24)2-3-12(10)22/h2-3,6-7,14H,4-5,8H2,1H3. The van der Waals surface area contributed by atoms with Crippen molar-refractivity contribution >= 4 is 60.3 Å². The van der Waals surface area contributed by atoms with Crippen LogP contribution in [0.2, 0.25) is 5.02 Å². The molecule has 0 aliphatic carbocycles. The molecule has 1 aromatic heterocycles. The van der Waals surface area contributed by atoms with Gasteiger partial charge in [0.05, 0.1) is 32.6 Å². The number of imidazole rings is 1. The Labute approximate surface area is 190 Å². The van der Waals surface area contributed by atoms with E-state index >= 15 is 0 Å². The first-order valence-electron chi connectivity index (χ1n) is 8.59. The fourth-order valence-electron chi connectivity index (χ4n) is 3.17. The van der Waals surface area contributed by atoms with Gasteiger partial charge in [-0.1, -0.05) is 11.6 Å². The van der Waals surface area contributed by atoms with E-state index in [0.717, 1.165) is 12.1 Å². The molecule has 11 heteroatoms. The number of aryl methyl sites for hydroxylation is 2. The zero-order valence-corrected chi connectivity index (χ0v) is 19.3. The number of aromatic nitrogens is 2. The minimum Gasteiger partial charge on any atom is -0.312 e. The van der Waals surface area contributed by atoms with E-state index in [1.807, 2.05) is 0 Å². The molecule has 0 aliphatic heterocycles. The van der Waals surface area contributed by atoms with Crippen LogP contribution in [0.4, 0.5) is 17.6 Å². The smallest absolute Gasteiger partial charge is 0.257 e. The van der Waals surface area contributed by atoms with Gasteiger partial charge in [-0.25, -0.2) is 22.6 Å². The molecule has 2 aromatic carbocycles. The van der Waals surface area contributed by atoms with Crippen molar-refractivity contribution < 1.29 is 22.4 Å². The minimum absolute atomic E-state index is 0.0362. The predicted octanol–water partition coefficient (Wildman–Crippen LogP) is 5.66. The number of halogens is 7. The third kappa shape index (κ3) is 4.22. The second-order valence-electron chi connectivity index (χ2n) is 6.30. The van der Waals surface area contributed by atoms with E-state index in [0.29, 0.717) is 20.0 Å². The number of carbonyl (C=O) groups is 1. The Morgan fingerprint density at radius 2 is 1.97 bits per heavy atom. The fraction of sp³-hybridized carbons (Fsp3) is 0.263. The number of nitrogens with zero attached hydrogens (tertiary/aromatic N) is 3. The summed E-state index contributed by atoms with van der Waals surface area (Å²) in [7, 11) is 1.57. The summed E-state index contributed by atoms with van der Waals surface area (Å²) >= 11 is 12.8. The van der Waals surface area contributed by atoms with Crippen LogP contribution in [0.25, 0.3) is 11.0 Å². The molecule has 3 aromatic rings. The Bertz CT molecular complexity index is 1210. The zero-order valence-electron chi connectivity index (χ0n) is 15.4. The SMILES string of the molecule is Cn1c(=NCC(F)F)n(CCF)c2cc(Br)c(C(=O)c3cc(F)ccc3Cl)c(Br)c21. The second-order valence-corrected chi connectivity index (χ2v) is 8.35. The molecule has 160 valence electrons. The van der Waals surface area contributed by atoms with Gasteiger partial charge in [-0.3, -0.25) is 4.79 Å². The number of hydrogen-bond acceptors (Lipinski definition) is 2. The number of rotatable bonds is 6. The van der Waals surface area contributed by atoms with Crippen LogP contribution in [0, 0.1) is 5.82 Å². The molecule has 0 spiro atoms. The van der Waals surface area contributed by atoms with Crippen LogP contribution in [-0.2, 0) is 13.6 Å². The van der Waals surface area contributed by atoms with Crippen LogP contribution < -0.4 is 5.62 Å². The molecule has 0 radical (unpaired) electrons. The average molecular weight is 572 g/mol. The van der Waals surface area contributed by atoms with Crippen LogP contribution >= 0.6 is 43.5 Å². The highest BCUT2D eigenvalue weighted by atomic mass is 79.9. The molecule has 0 bridgehead atoms. The maximum atomic E-state index is 13.7. The van der Waals surface area contributed by atoms with E-state index in [1.54, 1.807) is 13.1 Å². The lowest BCUT2D eigenvalue weighted by atomic mass is 10.0. The molecule has 0 fully saturated rings. The van der Waals surface area contributed by atoms with Crippen LogP contribution in [-0.4, -0.2) is 34.6 Å². The van der Waals surface area contributed by atoms with Gasteiger partial charge in [-0.15, -0.1) is 0 Å². The van der Waals surface area contributed by atoms with E-state index in [4.69, 9.17) is 11.6 Å². The van der Waals surface area contributed by atoms with Crippen molar-refractivity contribution in [3.63, 3.8) is 0 Å². The molecule has 0 saturated carbocycles. The van der Waals surface area contributed by atoms with Crippen LogP contribution in [0.1, 0.15) is 15.9 Å². The Balaban J connectivity index is 2.32. The maximum Gasteiger partial charge on any atom is 0.257 e. The van der Waals surface area contributed by atoms with Gasteiger partial charge in [0.15, 0.2) is 5.78 Å². The monoisotopic (exact) mass is 569 g/mol. The molecule has 0 atom stereocenters. The summed E-state index contributed by atoms with van der Waals surface area (Å²) in [6, 6.07) is 5.02. The summed E-state index contributed by atoms with van der Waals surface area (Å²) in [6.45, 7) is -1.60. The number of benzene rings is 2. The number of carbonyl (C=O) groups excluding carboxylic acids is 1. The summed E-state index contributed by atoms with van der Waals surface area (Å²) < 4.78 is 55.9. The van der Waals surface area contributed by atoms with Gasteiger partial charge >= 0.3 is 0 Å². The fourth-order valence-corrected chi connectivity index (χ4v) is 5.10. The van der Waals surface area contributed by atoms with Gasteiger partial charge in [-0.2, -0.15) is 0 Å². The Kier molecular flexibility index (Phi) is 7.09. The molecule has 1 heterocycles. The lowest BCUT2D eigenvalue weighted by Crippen LogP contribution is -2.26. The third-order valence-electron chi connectivity index (χ3n) is 4.42. The van der Waals surface area contributed by atoms with Gasteiger partial charge in [0, 0.05) is 17.1 Å². The molecule has 0 unspecified atom stereocenters. The van der Waals surface area contributed by atoms with Crippen molar-refractivity contribution in [1.82, 2.24) is 9.13 Å². The van der Waals surface area contributed by atoms with Crippen molar-refractivity contribution in [3.8, 4) is 0 Å². The third-order valence-corrected chi connectivity index (χ3v) is 6.15. The first-order chi connectivity index (χ1) is 14.2. The van der Waals surface area contributed by atoms with E-state index in [2.05, 4.69) is 36.9 Å². The van der Waals surface area contributed by atoms with Gasteiger partial charge < -0.3 is 9.13 Å². The molecular formula is C19H14Br2ClF4N3O. The molecule has 0 saturated heterocycles. The number of alkyl halides is 3. The van der Waals surface area contributed by atoms with Crippen molar-refractivity contribution in [2.24, 2.45) is 12.0 Å². The van der Waals surface area contributed by atoms with Gasteiger partial charge in [0.2, 0.25) is 5.62 Å². The molecular weight excluding hydrogens is 557 g/mol.